The number of sulfonamides is 1. The number of methoxy groups -OCH3 is 1. The highest BCUT2D eigenvalue weighted by atomic mass is 32.2. The van der Waals surface area contributed by atoms with Gasteiger partial charge >= 0.3 is 0 Å². The zero-order chi connectivity index (χ0) is 24.9. The van der Waals surface area contributed by atoms with Gasteiger partial charge < -0.3 is 19.2 Å². The van der Waals surface area contributed by atoms with Gasteiger partial charge in [0.25, 0.3) is 5.91 Å². The van der Waals surface area contributed by atoms with E-state index in [0.29, 0.717) is 36.1 Å². The topological polar surface area (TPSA) is 111 Å². The molecule has 9 nitrogen and oxygen atoms in total. The summed E-state index contributed by atoms with van der Waals surface area (Å²) in [6.45, 7) is 2.77. The van der Waals surface area contributed by atoms with Crippen LogP contribution >= 0.6 is 0 Å². The number of fused-ring (bicyclic) bond motifs is 1. The second kappa shape index (κ2) is 10.9. The van der Waals surface area contributed by atoms with Gasteiger partial charge in [0.1, 0.15) is 17.4 Å². The zero-order valence-corrected chi connectivity index (χ0v) is 20.4. The molecule has 0 spiro atoms. The Kier molecular flexibility index (Phi) is 8.24. The molecular weight excluding hydrogens is 465 g/mol. The molecule has 0 aliphatic carbocycles. The zero-order valence-electron chi connectivity index (χ0n) is 19.6. The van der Waals surface area contributed by atoms with Crippen molar-refractivity contribution in [1.82, 2.24) is 10.3 Å². The molecule has 3 rings (SSSR count). The molecule has 184 valence electrons. The van der Waals surface area contributed by atoms with Crippen molar-refractivity contribution in [2.45, 2.75) is 13.3 Å². The van der Waals surface area contributed by atoms with Crippen LogP contribution < -0.4 is 9.62 Å². The predicted octanol–water partition coefficient (Wildman–Crippen LogP) is 2.98. The minimum atomic E-state index is -3.70. The van der Waals surface area contributed by atoms with Gasteiger partial charge in [-0.15, -0.1) is 0 Å². The molecule has 0 saturated carbocycles. The van der Waals surface area contributed by atoms with E-state index in [1.54, 1.807) is 13.2 Å². The summed E-state index contributed by atoms with van der Waals surface area (Å²) in [6, 6.07) is 7.24. The summed E-state index contributed by atoms with van der Waals surface area (Å²) in [7, 11) is -0.652. The summed E-state index contributed by atoms with van der Waals surface area (Å²) >= 11 is 0. The van der Waals surface area contributed by atoms with E-state index < -0.39 is 21.7 Å². The lowest BCUT2D eigenvalue weighted by Crippen LogP contribution is -2.34. The number of pyridine rings is 1. The first kappa shape index (κ1) is 25.6. The highest BCUT2D eigenvalue weighted by Crippen LogP contribution is 2.36. The predicted molar refractivity (Wildman–Crippen MR) is 127 cm³/mol. The van der Waals surface area contributed by atoms with Crippen molar-refractivity contribution in [3.63, 3.8) is 0 Å². The first-order chi connectivity index (χ1) is 16.2. The Balaban J connectivity index is 2.14. The van der Waals surface area contributed by atoms with Crippen LogP contribution in [-0.2, 0) is 25.9 Å². The standard InChI is InChI=1S/C23H28FN3O6S/c1-5-15-14-18-19(22(28)25-2)20(16-6-8-17(24)9-7-16)33-23(18)26-21(15)27(34(4,29)30)10-11-32-13-12-31-3/h6-9,14H,5,10-13H2,1-4H3,(H,25,28). The number of ether oxygens (including phenoxy) is 2. The number of amides is 1. The molecular formula is C23H28FN3O6S. The molecule has 1 aromatic carbocycles. The molecule has 0 bridgehead atoms. The number of carbonyl (C=O) groups is 1. The van der Waals surface area contributed by atoms with Gasteiger partial charge in [-0.3, -0.25) is 9.10 Å². The van der Waals surface area contributed by atoms with Crippen LogP contribution in [-0.4, -0.2) is 66.1 Å². The third-order valence-electron chi connectivity index (χ3n) is 5.19. The summed E-state index contributed by atoms with van der Waals surface area (Å²) in [5.74, 6) is -0.404. The largest absolute Gasteiger partial charge is 0.437 e. The normalized spacial score (nSPS) is 11.7. The van der Waals surface area contributed by atoms with E-state index in [-0.39, 0.29) is 36.0 Å². The number of benzene rings is 1. The lowest BCUT2D eigenvalue weighted by molar-refractivity contribution is 0.0749. The van der Waals surface area contributed by atoms with Crippen molar-refractivity contribution < 1.29 is 31.5 Å². The van der Waals surface area contributed by atoms with E-state index in [9.17, 15) is 17.6 Å². The summed E-state index contributed by atoms with van der Waals surface area (Å²) in [6.07, 6.45) is 1.55. The van der Waals surface area contributed by atoms with Crippen LogP contribution in [0.2, 0.25) is 0 Å². The number of furan rings is 1. The van der Waals surface area contributed by atoms with Crippen LogP contribution in [0.15, 0.2) is 34.7 Å². The Morgan fingerprint density at radius 3 is 2.50 bits per heavy atom. The minimum Gasteiger partial charge on any atom is -0.437 e. The summed E-state index contributed by atoms with van der Waals surface area (Å²) < 4.78 is 56.2. The molecule has 0 atom stereocenters. The van der Waals surface area contributed by atoms with E-state index in [4.69, 9.17) is 13.9 Å². The molecule has 0 aliphatic heterocycles. The average molecular weight is 494 g/mol. The Hall–Kier alpha value is -3.02. The third kappa shape index (κ3) is 5.54. The smallest absolute Gasteiger partial charge is 0.255 e. The van der Waals surface area contributed by atoms with Crippen LogP contribution in [0, 0.1) is 5.82 Å². The van der Waals surface area contributed by atoms with Gasteiger partial charge in [0.15, 0.2) is 0 Å². The average Bonchev–Trinajstić information content (AvgIpc) is 3.18. The molecule has 11 heteroatoms. The SMILES string of the molecule is CCc1cc2c(C(=O)NC)c(-c3ccc(F)cc3)oc2nc1N(CCOCCOC)S(C)(=O)=O. The van der Waals surface area contributed by atoms with Gasteiger partial charge in [0.05, 0.1) is 43.6 Å². The molecule has 0 radical (unpaired) electrons. The molecule has 0 unspecified atom stereocenters. The van der Waals surface area contributed by atoms with Crippen molar-refractivity contribution >= 4 is 32.8 Å². The lowest BCUT2D eigenvalue weighted by atomic mass is 10.0. The second-order valence-corrected chi connectivity index (χ2v) is 9.42. The maximum Gasteiger partial charge on any atom is 0.255 e. The van der Waals surface area contributed by atoms with E-state index in [1.807, 2.05) is 6.92 Å². The molecule has 1 amide bonds. The lowest BCUT2D eigenvalue weighted by Gasteiger charge is -2.23. The van der Waals surface area contributed by atoms with E-state index >= 15 is 0 Å². The number of anilines is 1. The quantitative estimate of drug-likeness (QED) is 0.409. The van der Waals surface area contributed by atoms with Crippen LogP contribution in [0.1, 0.15) is 22.8 Å². The molecule has 0 aliphatic rings. The van der Waals surface area contributed by atoms with Gasteiger partial charge in [-0.05, 0) is 42.3 Å². The van der Waals surface area contributed by atoms with E-state index in [2.05, 4.69) is 10.3 Å². The molecule has 0 fully saturated rings. The van der Waals surface area contributed by atoms with Gasteiger partial charge in [-0.25, -0.2) is 12.8 Å². The number of hydrogen-bond acceptors (Lipinski definition) is 7. The van der Waals surface area contributed by atoms with E-state index in [0.717, 1.165) is 10.6 Å². The van der Waals surface area contributed by atoms with Crippen molar-refractivity contribution in [1.29, 1.82) is 0 Å². The Labute approximate surface area is 197 Å². The summed E-state index contributed by atoms with van der Waals surface area (Å²) in [5, 5.41) is 3.03. The number of rotatable bonds is 11. The first-order valence-electron chi connectivity index (χ1n) is 10.7. The molecule has 34 heavy (non-hydrogen) atoms. The number of nitrogens with zero attached hydrogens (tertiary/aromatic N) is 2. The molecule has 2 heterocycles. The maximum absolute atomic E-state index is 13.5. The number of aryl methyl sites for hydroxylation is 1. The van der Waals surface area contributed by atoms with Crippen LogP contribution in [0.5, 0.6) is 0 Å². The molecule has 0 saturated heterocycles. The van der Waals surface area contributed by atoms with Crippen LogP contribution in [0.3, 0.4) is 0 Å². The fraction of sp³-hybridized carbons (Fsp3) is 0.391. The van der Waals surface area contributed by atoms with Crippen molar-refractivity contribution in [3.05, 3.63) is 47.3 Å². The van der Waals surface area contributed by atoms with Gasteiger partial charge in [0.2, 0.25) is 15.7 Å². The fourth-order valence-corrected chi connectivity index (χ4v) is 4.39. The highest BCUT2D eigenvalue weighted by molar-refractivity contribution is 7.92. The first-order valence-corrected chi connectivity index (χ1v) is 12.5. The highest BCUT2D eigenvalue weighted by Gasteiger charge is 2.27. The van der Waals surface area contributed by atoms with Crippen molar-refractivity contribution in [2.24, 2.45) is 0 Å². The third-order valence-corrected chi connectivity index (χ3v) is 6.34. The van der Waals surface area contributed by atoms with Gasteiger partial charge in [0, 0.05) is 19.7 Å². The van der Waals surface area contributed by atoms with Crippen molar-refractivity contribution in [2.75, 3.05) is 51.1 Å². The molecule has 1 N–H and O–H groups in total. The number of nitrogens with one attached hydrogen (secondary N) is 1. The number of aromatic nitrogens is 1. The maximum atomic E-state index is 13.5. The fourth-order valence-electron chi connectivity index (χ4n) is 3.51. The summed E-state index contributed by atoms with van der Waals surface area (Å²) in [4.78, 5) is 17.3. The van der Waals surface area contributed by atoms with Gasteiger partial charge in [-0.1, -0.05) is 6.92 Å². The Morgan fingerprint density at radius 1 is 1.21 bits per heavy atom. The Bertz CT molecular complexity index is 1260. The van der Waals surface area contributed by atoms with Crippen LogP contribution in [0.4, 0.5) is 10.2 Å². The van der Waals surface area contributed by atoms with Crippen molar-refractivity contribution in [3.8, 4) is 11.3 Å². The number of halogens is 1. The number of carbonyl (C=O) groups excluding carboxylic acids is 1. The molecule has 2 aromatic heterocycles. The minimum absolute atomic E-state index is 0.0435. The Morgan fingerprint density at radius 2 is 1.91 bits per heavy atom. The second-order valence-electron chi connectivity index (χ2n) is 7.51. The monoisotopic (exact) mass is 493 g/mol. The number of hydrogen-bond donors (Lipinski definition) is 1. The van der Waals surface area contributed by atoms with Crippen LogP contribution in [0.25, 0.3) is 22.4 Å². The van der Waals surface area contributed by atoms with E-state index in [1.165, 1.54) is 31.3 Å². The summed E-state index contributed by atoms with van der Waals surface area (Å²) in [5.41, 5.74) is 1.45. The van der Waals surface area contributed by atoms with Gasteiger partial charge in [-0.2, -0.15) is 4.98 Å². The molecule has 3 aromatic rings.